The van der Waals surface area contributed by atoms with E-state index in [9.17, 15) is 19.7 Å². The van der Waals surface area contributed by atoms with Gasteiger partial charge in [-0.05, 0) is 49.4 Å². The van der Waals surface area contributed by atoms with E-state index in [1.54, 1.807) is 24.3 Å². The summed E-state index contributed by atoms with van der Waals surface area (Å²) in [4.78, 5) is 36.6. The Kier molecular flexibility index (Phi) is 4.44. The summed E-state index contributed by atoms with van der Waals surface area (Å²) in [6.07, 6.45) is 0. The number of nitro benzene ring substituents is 1. The number of non-ortho nitro benzene ring substituents is 1. The number of hydrogen-bond donors (Lipinski definition) is 0. The van der Waals surface area contributed by atoms with Gasteiger partial charge in [0, 0.05) is 12.1 Å². The molecule has 8 heteroatoms. The lowest BCUT2D eigenvalue weighted by atomic mass is 10.1. The topological polar surface area (TPSA) is 105 Å². The molecule has 0 unspecified atom stereocenters. The molecular weight excluding hydrogens is 372 g/mol. The van der Waals surface area contributed by atoms with Crippen LogP contribution in [0.4, 0.5) is 22.7 Å². The lowest BCUT2D eigenvalue weighted by molar-refractivity contribution is -0.384. The molecule has 0 aliphatic carbocycles. The highest BCUT2D eigenvalue weighted by Crippen LogP contribution is 2.32. The Morgan fingerprint density at radius 1 is 0.793 bits per heavy atom. The zero-order valence-corrected chi connectivity index (χ0v) is 15.3. The second-order valence-electron chi connectivity index (χ2n) is 6.48. The van der Waals surface area contributed by atoms with Crippen molar-refractivity contribution in [2.24, 2.45) is 10.2 Å². The first kappa shape index (κ1) is 18.2. The van der Waals surface area contributed by atoms with Gasteiger partial charge in [-0.1, -0.05) is 17.7 Å². The van der Waals surface area contributed by atoms with Gasteiger partial charge < -0.3 is 0 Å². The Hall–Kier alpha value is -4.20. The molecule has 1 aliphatic rings. The number of imide groups is 1. The molecule has 3 aromatic carbocycles. The van der Waals surface area contributed by atoms with Gasteiger partial charge in [0.1, 0.15) is 0 Å². The Morgan fingerprint density at radius 2 is 1.34 bits per heavy atom. The molecule has 29 heavy (non-hydrogen) atoms. The Labute approximate surface area is 165 Å². The molecule has 1 heterocycles. The van der Waals surface area contributed by atoms with Gasteiger partial charge in [-0.25, -0.2) is 4.90 Å². The minimum Gasteiger partial charge on any atom is -0.268 e. The molecular formula is C21H14N4O4. The van der Waals surface area contributed by atoms with E-state index in [0.717, 1.165) is 16.5 Å². The number of azo groups is 1. The number of benzene rings is 3. The number of carbonyl (C=O) groups is 2. The molecule has 1 aliphatic heterocycles. The summed E-state index contributed by atoms with van der Waals surface area (Å²) in [6, 6.07) is 17.7. The standard InChI is InChI=1S/C21H14N4O4/c1-13-2-4-14(5-3-13)22-23-15-6-8-16(9-7-15)24-20(26)18-11-10-17(25(28)29)12-19(18)21(24)27/h2-12H,1H3. The molecule has 0 radical (unpaired) electrons. The molecule has 0 aromatic heterocycles. The summed E-state index contributed by atoms with van der Waals surface area (Å²) >= 11 is 0. The Bertz CT molecular complexity index is 1170. The molecule has 2 amide bonds. The number of anilines is 1. The summed E-state index contributed by atoms with van der Waals surface area (Å²) in [5, 5.41) is 19.2. The van der Waals surface area contributed by atoms with Crippen LogP contribution in [0.2, 0.25) is 0 Å². The number of nitrogens with zero attached hydrogens (tertiary/aromatic N) is 4. The van der Waals surface area contributed by atoms with E-state index in [2.05, 4.69) is 10.2 Å². The monoisotopic (exact) mass is 386 g/mol. The fourth-order valence-corrected chi connectivity index (χ4v) is 2.97. The summed E-state index contributed by atoms with van der Waals surface area (Å²) in [5.41, 5.74) is 2.67. The van der Waals surface area contributed by atoms with Gasteiger partial charge in [-0.15, -0.1) is 0 Å². The van der Waals surface area contributed by atoms with E-state index in [-0.39, 0.29) is 16.8 Å². The first-order valence-corrected chi connectivity index (χ1v) is 8.70. The quantitative estimate of drug-likeness (QED) is 0.268. The van der Waals surface area contributed by atoms with Crippen LogP contribution >= 0.6 is 0 Å². The number of amides is 2. The molecule has 3 aromatic rings. The van der Waals surface area contributed by atoms with Gasteiger partial charge in [-0.3, -0.25) is 19.7 Å². The maximum atomic E-state index is 12.6. The smallest absolute Gasteiger partial charge is 0.268 e. The molecule has 0 bridgehead atoms. The van der Waals surface area contributed by atoms with Crippen LogP contribution in [-0.4, -0.2) is 16.7 Å². The zero-order chi connectivity index (χ0) is 20.5. The maximum absolute atomic E-state index is 12.6. The SMILES string of the molecule is Cc1ccc(N=Nc2ccc(N3C(=O)c4ccc([N+](=O)[O-])cc4C3=O)cc2)cc1. The van der Waals surface area contributed by atoms with E-state index in [1.807, 2.05) is 31.2 Å². The van der Waals surface area contributed by atoms with Gasteiger partial charge >= 0.3 is 0 Å². The predicted molar refractivity (Wildman–Crippen MR) is 106 cm³/mol. The molecule has 0 saturated heterocycles. The first-order chi connectivity index (χ1) is 13.9. The molecule has 0 fully saturated rings. The van der Waals surface area contributed by atoms with Crippen LogP contribution in [0.3, 0.4) is 0 Å². The van der Waals surface area contributed by atoms with Crippen LogP contribution in [0.25, 0.3) is 0 Å². The van der Waals surface area contributed by atoms with Crippen LogP contribution in [0.5, 0.6) is 0 Å². The highest BCUT2D eigenvalue weighted by Gasteiger charge is 2.37. The van der Waals surface area contributed by atoms with E-state index in [1.165, 1.54) is 12.1 Å². The van der Waals surface area contributed by atoms with Crippen molar-refractivity contribution in [2.75, 3.05) is 4.90 Å². The maximum Gasteiger partial charge on any atom is 0.270 e. The van der Waals surface area contributed by atoms with Gasteiger partial charge in [0.15, 0.2) is 0 Å². The molecule has 0 saturated carbocycles. The molecule has 8 nitrogen and oxygen atoms in total. The largest absolute Gasteiger partial charge is 0.270 e. The first-order valence-electron chi connectivity index (χ1n) is 8.70. The van der Waals surface area contributed by atoms with Gasteiger partial charge in [-0.2, -0.15) is 10.2 Å². The minimum absolute atomic E-state index is 0.0207. The van der Waals surface area contributed by atoms with Crippen LogP contribution in [0.15, 0.2) is 77.0 Å². The third-order valence-electron chi connectivity index (χ3n) is 4.50. The van der Waals surface area contributed by atoms with E-state index in [0.29, 0.717) is 17.1 Å². The van der Waals surface area contributed by atoms with Gasteiger partial charge in [0.2, 0.25) is 0 Å². The summed E-state index contributed by atoms with van der Waals surface area (Å²) in [7, 11) is 0. The van der Waals surface area contributed by atoms with Gasteiger partial charge in [0.05, 0.1) is 33.1 Å². The van der Waals surface area contributed by atoms with Crippen molar-refractivity contribution in [1.29, 1.82) is 0 Å². The van der Waals surface area contributed by atoms with Crippen LogP contribution in [0.1, 0.15) is 26.3 Å². The highest BCUT2D eigenvalue weighted by molar-refractivity contribution is 6.34. The number of hydrogen-bond acceptors (Lipinski definition) is 6. The van der Waals surface area contributed by atoms with Crippen molar-refractivity contribution in [3.63, 3.8) is 0 Å². The van der Waals surface area contributed by atoms with Crippen molar-refractivity contribution in [3.05, 3.63) is 93.5 Å². The highest BCUT2D eigenvalue weighted by atomic mass is 16.6. The van der Waals surface area contributed by atoms with E-state index < -0.39 is 16.7 Å². The molecule has 4 rings (SSSR count). The van der Waals surface area contributed by atoms with E-state index >= 15 is 0 Å². The van der Waals surface area contributed by atoms with Gasteiger partial charge in [0.25, 0.3) is 17.5 Å². The van der Waals surface area contributed by atoms with Crippen molar-refractivity contribution in [3.8, 4) is 0 Å². The van der Waals surface area contributed by atoms with Crippen LogP contribution in [-0.2, 0) is 0 Å². The number of carbonyl (C=O) groups excluding carboxylic acids is 2. The van der Waals surface area contributed by atoms with Crippen molar-refractivity contribution in [1.82, 2.24) is 0 Å². The lowest BCUT2D eigenvalue weighted by Gasteiger charge is -2.13. The number of aryl methyl sites for hydroxylation is 1. The third-order valence-corrected chi connectivity index (χ3v) is 4.50. The average Bonchev–Trinajstić information content (AvgIpc) is 2.98. The van der Waals surface area contributed by atoms with Crippen molar-refractivity contribution >= 4 is 34.6 Å². The van der Waals surface area contributed by atoms with Crippen molar-refractivity contribution < 1.29 is 14.5 Å². The third kappa shape index (κ3) is 3.39. The molecule has 0 spiro atoms. The Morgan fingerprint density at radius 3 is 1.93 bits per heavy atom. The lowest BCUT2D eigenvalue weighted by Crippen LogP contribution is -2.29. The molecule has 0 N–H and O–H groups in total. The number of fused-ring (bicyclic) bond motifs is 1. The predicted octanol–water partition coefficient (Wildman–Crippen LogP) is 5.12. The second-order valence-corrected chi connectivity index (χ2v) is 6.48. The van der Waals surface area contributed by atoms with Crippen molar-refractivity contribution in [2.45, 2.75) is 6.92 Å². The van der Waals surface area contributed by atoms with Crippen LogP contribution < -0.4 is 4.90 Å². The van der Waals surface area contributed by atoms with E-state index in [4.69, 9.17) is 0 Å². The second kappa shape index (κ2) is 7.08. The summed E-state index contributed by atoms with van der Waals surface area (Å²) in [5.74, 6) is -1.11. The Balaban J connectivity index is 1.57. The average molecular weight is 386 g/mol. The molecule has 142 valence electrons. The number of nitro groups is 1. The minimum atomic E-state index is -0.603. The fraction of sp³-hybridized carbons (Fsp3) is 0.0476. The summed E-state index contributed by atoms with van der Waals surface area (Å²) < 4.78 is 0. The zero-order valence-electron chi connectivity index (χ0n) is 15.3. The fourth-order valence-electron chi connectivity index (χ4n) is 2.97. The normalized spacial score (nSPS) is 13.2. The van der Waals surface area contributed by atoms with Crippen LogP contribution in [0, 0.1) is 17.0 Å². The summed E-state index contributed by atoms with van der Waals surface area (Å²) in [6.45, 7) is 1.98. The number of rotatable bonds is 4. The molecule has 0 atom stereocenters.